The Bertz CT molecular complexity index is 593. The lowest BCUT2D eigenvalue weighted by molar-refractivity contribution is -0.144. The molecular weight excluding hydrogens is 270 g/mol. The van der Waals surface area contributed by atoms with Crippen LogP contribution in [0.15, 0.2) is 30.3 Å². The minimum absolute atomic E-state index is 0.108. The van der Waals surface area contributed by atoms with E-state index in [0.717, 1.165) is 28.1 Å². The SMILES string of the molecule is O=C(/C=C/c1nc2ccccc2s1)OC1CCCCC1. The van der Waals surface area contributed by atoms with Crippen LogP contribution in [0.3, 0.4) is 0 Å². The number of esters is 1. The summed E-state index contributed by atoms with van der Waals surface area (Å²) in [7, 11) is 0. The van der Waals surface area contributed by atoms with Crippen LogP contribution < -0.4 is 0 Å². The van der Waals surface area contributed by atoms with Crippen LogP contribution in [0.25, 0.3) is 16.3 Å². The van der Waals surface area contributed by atoms with Crippen molar-refractivity contribution in [1.29, 1.82) is 0 Å². The van der Waals surface area contributed by atoms with Crippen LogP contribution in [0.5, 0.6) is 0 Å². The van der Waals surface area contributed by atoms with Crippen LogP contribution in [0.1, 0.15) is 37.1 Å². The van der Waals surface area contributed by atoms with Crippen molar-refractivity contribution < 1.29 is 9.53 Å². The normalized spacial score (nSPS) is 16.8. The Hall–Kier alpha value is -1.68. The summed E-state index contributed by atoms with van der Waals surface area (Å²) < 4.78 is 6.57. The molecule has 1 aliphatic carbocycles. The summed E-state index contributed by atoms with van der Waals surface area (Å²) in [4.78, 5) is 16.2. The second kappa shape index (κ2) is 6.18. The van der Waals surface area contributed by atoms with Crippen molar-refractivity contribution in [3.8, 4) is 0 Å². The highest BCUT2D eigenvalue weighted by molar-refractivity contribution is 7.19. The van der Waals surface area contributed by atoms with Gasteiger partial charge >= 0.3 is 5.97 Å². The number of para-hydroxylation sites is 1. The predicted molar refractivity (Wildman–Crippen MR) is 81.6 cm³/mol. The van der Waals surface area contributed by atoms with E-state index in [0.29, 0.717) is 0 Å². The van der Waals surface area contributed by atoms with Crippen molar-refractivity contribution in [2.75, 3.05) is 0 Å². The molecule has 3 nitrogen and oxygen atoms in total. The second-order valence-corrected chi connectivity index (χ2v) is 6.11. The van der Waals surface area contributed by atoms with E-state index in [-0.39, 0.29) is 12.1 Å². The van der Waals surface area contributed by atoms with Crippen molar-refractivity contribution in [3.63, 3.8) is 0 Å². The van der Waals surface area contributed by atoms with Crippen molar-refractivity contribution in [2.45, 2.75) is 38.2 Å². The molecule has 0 atom stereocenters. The number of fused-ring (bicyclic) bond motifs is 1. The summed E-state index contributed by atoms with van der Waals surface area (Å²) in [6.07, 6.45) is 8.94. The van der Waals surface area contributed by atoms with Crippen LogP contribution in [0, 0.1) is 0 Å². The van der Waals surface area contributed by atoms with E-state index in [4.69, 9.17) is 4.74 Å². The molecule has 0 bridgehead atoms. The number of benzene rings is 1. The Morgan fingerprint density at radius 2 is 2.05 bits per heavy atom. The molecule has 20 heavy (non-hydrogen) atoms. The first-order valence-corrected chi connectivity index (χ1v) is 7.87. The zero-order valence-corrected chi connectivity index (χ0v) is 12.1. The van der Waals surface area contributed by atoms with E-state index < -0.39 is 0 Å². The summed E-state index contributed by atoms with van der Waals surface area (Å²) in [5.41, 5.74) is 0.970. The number of ether oxygens (including phenoxy) is 1. The highest BCUT2D eigenvalue weighted by atomic mass is 32.1. The first-order chi connectivity index (χ1) is 9.81. The smallest absolute Gasteiger partial charge is 0.331 e. The minimum Gasteiger partial charge on any atom is -0.459 e. The quantitative estimate of drug-likeness (QED) is 0.628. The van der Waals surface area contributed by atoms with Gasteiger partial charge < -0.3 is 4.74 Å². The zero-order chi connectivity index (χ0) is 13.8. The van der Waals surface area contributed by atoms with E-state index in [2.05, 4.69) is 4.98 Å². The fourth-order valence-electron chi connectivity index (χ4n) is 2.49. The van der Waals surface area contributed by atoms with Crippen LogP contribution in [0.4, 0.5) is 0 Å². The third-order valence-electron chi connectivity index (χ3n) is 3.51. The summed E-state index contributed by atoms with van der Waals surface area (Å²) in [5.74, 6) is -0.254. The molecule has 104 valence electrons. The molecule has 0 unspecified atom stereocenters. The van der Waals surface area contributed by atoms with Gasteiger partial charge in [0.05, 0.1) is 10.2 Å². The lowest BCUT2D eigenvalue weighted by Gasteiger charge is -2.20. The first-order valence-electron chi connectivity index (χ1n) is 7.05. The van der Waals surface area contributed by atoms with Gasteiger partial charge in [0.2, 0.25) is 0 Å². The molecule has 1 aromatic carbocycles. The van der Waals surface area contributed by atoms with E-state index in [1.807, 2.05) is 24.3 Å². The molecule has 0 amide bonds. The molecule has 1 aromatic heterocycles. The van der Waals surface area contributed by atoms with Gasteiger partial charge in [-0.15, -0.1) is 11.3 Å². The average molecular weight is 287 g/mol. The molecule has 1 heterocycles. The lowest BCUT2D eigenvalue weighted by Crippen LogP contribution is -2.19. The maximum absolute atomic E-state index is 11.8. The third-order valence-corrected chi connectivity index (χ3v) is 4.51. The number of hydrogen-bond donors (Lipinski definition) is 0. The van der Waals surface area contributed by atoms with Crippen molar-refractivity contribution in [1.82, 2.24) is 4.98 Å². The van der Waals surface area contributed by atoms with Crippen molar-refractivity contribution in [3.05, 3.63) is 35.3 Å². The molecule has 3 rings (SSSR count). The highest BCUT2D eigenvalue weighted by Crippen LogP contribution is 2.23. The number of rotatable bonds is 3. The molecule has 1 aliphatic rings. The molecule has 1 fully saturated rings. The van der Waals surface area contributed by atoms with Crippen molar-refractivity contribution in [2.24, 2.45) is 0 Å². The molecule has 2 aromatic rings. The zero-order valence-electron chi connectivity index (χ0n) is 11.2. The number of hydrogen-bond acceptors (Lipinski definition) is 4. The largest absolute Gasteiger partial charge is 0.459 e. The van der Waals surface area contributed by atoms with E-state index in [1.54, 1.807) is 17.4 Å². The van der Waals surface area contributed by atoms with Gasteiger partial charge in [0.25, 0.3) is 0 Å². The monoisotopic (exact) mass is 287 g/mol. The molecule has 4 heteroatoms. The maximum Gasteiger partial charge on any atom is 0.331 e. The Morgan fingerprint density at radius 1 is 1.25 bits per heavy atom. The standard InChI is InChI=1S/C16H17NO2S/c18-16(19-12-6-2-1-3-7-12)11-10-15-17-13-8-4-5-9-14(13)20-15/h4-5,8-12H,1-3,6-7H2/b11-10+. The molecule has 1 saturated carbocycles. The summed E-state index contributed by atoms with van der Waals surface area (Å²) in [6, 6.07) is 7.96. The molecule has 0 saturated heterocycles. The number of nitrogens with zero attached hydrogens (tertiary/aromatic N) is 1. The Kier molecular flexibility index (Phi) is 4.11. The maximum atomic E-state index is 11.8. The predicted octanol–water partition coefficient (Wildman–Crippen LogP) is 4.19. The fraction of sp³-hybridized carbons (Fsp3) is 0.375. The second-order valence-electron chi connectivity index (χ2n) is 5.05. The van der Waals surface area contributed by atoms with Gasteiger partial charge in [-0.2, -0.15) is 0 Å². The third kappa shape index (κ3) is 3.25. The topological polar surface area (TPSA) is 39.2 Å². The van der Waals surface area contributed by atoms with Crippen LogP contribution in [-0.4, -0.2) is 17.1 Å². The molecule has 0 radical (unpaired) electrons. The Morgan fingerprint density at radius 3 is 2.85 bits per heavy atom. The molecule has 0 aliphatic heterocycles. The van der Waals surface area contributed by atoms with Gasteiger partial charge in [-0.3, -0.25) is 0 Å². The number of carbonyl (C=O) groups is 1. The summed E-state index contributed by atoms with van der Waals surface area (Å²) in [5, 5.41) is 0.840. The summed E-state index contributed by atoms with van der Waals surface area (Å²) >= 11 is 1.58. The van der Waals surface area contributed by atoms with Gasteiger partial charge in [-0.25, -0.2) is 9.78 Å². The molecular formula is C16H17NO2S. The molecule has 0 spiro atoms. The van der Waals surface area contributed by atoms with E-state index in [9.17, 15) is 4.79 Å². The van der Waals surface area contributed by atoms with E-state index in [1.165, 1.54) is 25.3 Å². The van der Waals surface area contributed by atoms with E-state index >= 15 is 0 Å². The summed E-state index contributed by atoms with van der Waals surface area (Å²) in [6.45, 7) is 0. The highest BCUT2D eigenvalue weighted by Gasteiger charge is 2.16. The van der Waals surface area contributed by atoms with Gasteiger partial charge in [-0.1, -0.05) is 18.6 Å². The average Bonchev–Trinajstić information content (AvgIpc) is 2.89. The van der Waals surface area contributed by atoms with Crippen molar-refractivity contribution >= 4 is 33.6 Å². The minimum atomic E-state index is -0.254. The van der Waals surface area contributed by atoms with Crippen LogP contribution >= 0.6 is 11.3 Å². The number of carbonyl (C=O) groups excluding carboxylic acids is 1. The van der Waals surface area contributed by atoms with Gasteiger partial charge in [-0.05, 0) is 43.9 Å². The number of aromatic nitrogens is 1. The Balaban J connectivity index is 1.62. The lowest BCUT2D eigenvalue weighted by atomic mass is 9.98. The van der Waals surface area contributed by atoms with Crippen LogP contribution in [-0.2, 0) is 9.53 Å². The Labute approximate surface area is 122 Å². The fourth-order valence-corrected chi connectivity index (χ4v) is 3.36. The molecule has 0 N–H and O–H groups in total. The van der Waals surface area contributed by atoms with Gasteiger partial charge in [0.15, 0.2) is 0 Å². The first kappa shape index (κ1) is 13.3. The van der Waals surface area contributed by atoms with Gasteiger partial charge in [0.1, 0.15) is 11.1 Å². The number of thiazole rings is 1. The van der Waals surface area contributed by atoms with Gasteiger partial charge in [0, 0.05) is 6.08 Å². The van der Waals surface area contributed by atoms with Crippen LogP contribution in [0.2, 0.25) is 0 Å².